The molecule has 2 aromatic rings. The second kappa shape index (κ2) is 11.7. The Morgan fingerprint density at radius 3 is 2.79 bits per heavy atom. The van der Waals surface area contributed by atoms with Crippen LogP contribution in [0.25, 0.3) is 0 Å². The zero-order valence-corrected chi connectivity index (χ0v) is 19.6. The zero-order chi connectivity index (χ0) is 19.8. The quantitative estimate of drug-likeness (QED) is 0.339. The highest BCUT2D eigenvalue weighted by atomic mass is 127. The smallest absolute Gasteiger partial charge is 0.218 e. The lowest BCUT2D eigenvalue weighted by molar-refractivity contribution is 0.392. The summed E-state index contributed by atoms with van der Waals surface area (Å²) in [5.74, 6) is 2.33. The molecule has 8 heteroatoms. The molecule has 2 N–H and O–H groups in total. The molecule has 1 aromatic heterocycles. The predicted octanol–water partition coefficient (Wildman–Crippen LogP) is 3.05. The minimum absolute atomic E-state index is 0. The summed E-state index contributed by atoms with van der Waals surface area (Å²) in [4.78, 5) is 11.3. The first kappa shape index (κ1) is 23.1. The molecule has 1 aliphatic heterocycles. The van der Waals surface area contributed by atoms with Crippen LogP contribution in [0.1, 0.15) is 18.9 Å². The molecule has 0 amide bonds. The third-order valence-corrected chi connectivity index (χ3v) is 4.75. The van der Waals surface area contributed by atoms with Gasteiger partial charge in [-0.2, -0.15) is 0 Å². The number of anilines is 1. The molecule has 1 aromatic carbocycles. The van der Waals surface area contributed by atoms with Gasteiger partial charge in [0, 0.05) is 37.4 Å². The van der Waals surface area contributed by atoms with Gasteiger partial charge in [-0.25, -0.2) is 9.98 Å². The van der Waals surface area contributed by atoms with Crippen LogP contribution in [-0.4, -0.2) is 50.8 Å². The van der Waals surface area contributed by atoms with E-state index in [0.29, 0.717) is 18.5 Å². The van der Waals surface area contributed by atoms with Crippen LogP contribution in [0.4, 0.5) is 5.69 Å². The van der Waals surface area contributed by atoms with Crippen molar-refractivity contribution in [3.05, 3.63) is 48.2 Å². The number of pyridine rings is 1. The average molecular weight is 511 g/mol. The summed E-state index contributed by atoms with van der Waals surface area (Å²) in [6.07, 6.45) is 2.76. The van der Waals surface area contributed by atoms with Crippen LogP contribution in [0.2, 0.25) is 0 Å². The second-order valence-electron chi connectivity index (χ2n) is 6.61. The Balaban J connectivity index is 0.00000300. The van der Waals surface area contributed by atoms with Crippen molar-refractivity contribution in [3.63, 3.8) is 0 Å². The Morgan fingerprint density at radius 2 is 2.03 bits per heavy atom. The summed E-state index contributed by atoms with van der Waals surface area (Å²) < 4.78 is 10.8. The SMILES string of the molecule is CCNC(=NCc1cccnc1OC)NC1CCN(c2ccccc2OC)C1.I. The molecule has 1 fully saturated rings. The molecule has 0 bridgehead atoms. The third-order valence-electron chi connectivity index (χ3n) is 4.75. The summed E-state index contributed by atoms with van der Waals surface area (Å²) in [6.45, 7) is 5.26. The van der Waals surface area contributed by atoms with Crippen LogP contribution in [0.5, 0.6) is 11.6 Å². The largest absolute Gasteiger partial charge is 0.495 e. The topological polar surface area (TPSA) is 71.0 Å². The van der Waals surface area contributed by atoms with Gasteiger partial charge in [0.2, 0.25) is 5.88 Å². The van der Waals surface area contributed by atoms with Gasteiger partial charge in [0.05, 0.1) is 26.5 Å². The van der Waals surface area contributed by atoms with E-state index in [-0.39, 0.29) is 24.0 Å². The first-order chi connectivity index (χ1) is 13.7. The molecule has 0 saturated carbocycles. The lowest BCUT2D eigenvalue weighted by Crippen LogP contribution is -2.44. The molecule has 158 valence electrons. The molecule has 0 spiro atoms. The summed E-state index contributed by atoms with van der Waals surface area (Å²) in [6, 6.07) is 12.4. The van der Waals surface area contributed by atoms with Gasteiger partial charge in [0.1, 0.15) is 5.75 Å². The maximum absolute atomic E-state index is 5.51. The van der Waals surface area contributed by atoms with Gasteiger partial charge in [-0.05, 0) is 31.5 Å². The van der Waals surface area contributed by atoms with Gasteiger partial charge in [-0.15, -0.1) is 24.0 Å². The molecular weight excluding hydrogens is 481 g/mol. The zero-order valence-electron chi connectivity index (χ0n) is 17.2. The predicted molar refractivity (Wildman–Crippen MR) is 128 cm³/mol. The van der Waals surface area contributed by atoms with E-state index < -0.39 is 0 Å². The molecule has 3 rings (SSSR count). The maximum atomic E-state index is 5.51. The Labute approximate surface area is 189 Å². The number of aromatic nitrogens is 1. The van der Waals surface area contributed by atoms with Gasteiger partial charge < -0.3 is 25.0 Å². The van der Waals surface area contributed by atoms with Crippen molar-refractivity contribution in [1.82, 2.24) is 15.6 Å². The molecule has 29 heavy (non-hydrogen) atoms. The Kier molecular flexibility index (Phi) is 9.30. The van der Waals surface area contributed by atoms with E-state index in [1.165, 1.54) is 0 Å². The number of hydrogen-bond acceptors (Lipinski definition) is 5. The number of nitrogens with one attached hydrogen (secondary N) is 2. The van der Waals surface area contributed by atoms with Crippen LogP contribution in [-0.2, 0) is 6.54 Å². The lowest BCUT2D eigenvalue weighted by Gasteiger charge is -2.22. The molecule has 1 saturated heterocycles. The Hall–Kier alpha value is -2.23. The fourth-order valence-electron chi connectivity index (χ4n) is 3.39. The first-order valence-electron chi connectivity index (χ1n) is 9.65. The summed E-state index contributed by atoms with van der Waals surface area (Å²) >= 11 is 0. The molecule has 0 radical (unpaired) electrons. The van der Waals surface area contributed by atoms with Crippen LogP contribution < -0.4 is 25.0 Å². The van der Waals surface area contributed by atoms with Crippen molar-refractivity contribution < 1.29 is 9.47 Å². The second-order valence-corrected chi connectivity index (χ2v) is 6.61. The van der Waals surface area contributed by atoms with Gasteiger partial charge in [0.25, 0.3) is 0 Å². The number of aliphatic imine (C=N–C) groups is 1. The number of rotatable bonds is 7. The van der Waals surface area contributed by atoms with Crippen molar-refractivity contribution in [2.24, 2.45) is 4.99 Å². The number of para-hydroxylation sites is 2. The minimum Gasteiger partial charge on any atom is -0.495 e. The molecule has 1 atom stereocenters. The van der Waals surface area contributed by atoms with E-state index in [4.69, 9.17) is 14.5 Å². The molecule has 7 nitrogen and oxygen atoms in total. The number of ether oxygens (including phenoxy) is 2. The fourth-order valence-corrected chi connectivity index (χ4v) is 3.39. The number of benzene rings is 1. The van der Waals surface area contributed by atoms with Crippen LogP contribution >= 0.6 is 24.0 Å². The summed E-state index contributed by atoms with van der Waals surface area (Å²) in [5.41, 5.74) is 2.10. The average Bonchev–Trinajstić information content (AvgIpc) is 3.20. The minimum atomic E-state index is 0. The number of guanidine groups is 1. The normalized spacial score (nSPS) is 16.2. The van der Waals surface area contributed by atoms with Crippen molar-refractivity contribution in [3.8, 4) is 11.6 Å². The first-order valence-corrected chi connectivity index (χ1v) is 9.65. The summed E-state index contributed by atoms with van der Waals surface area (Å²) in [5, 5.41) is 6.89. The Morgan fingerprint density at radius 1 is 1.21 bits per heavy atom. The molecule has 1 aliphatic rings. The van der Waals surface area contributed by atoms with Gasteiger partial charge in [-0.1, -0.05) is 18.2 Å². The van der Waals surface area contributed by atoms with Crippen molar-refractivity contribution >= 4 is 35.6 Å². The monoisotopic (exact) mass is 511 g/mol. The lowest BCUT2D eigenvalue weighted by atomic mass is 10.2. The highest BCUT2D eigenvalue weighted by Crippen LogP contribution is 2.30. The highest BCUT2D eigenvalue weighted by molar-refractivity contribution is 14.0. The van der Waals surface area contributed by atoms with E-state index in [1.54, 1.807) is 20.4 Å². The van der Waals surface area contributed by atoms with Crippen LogP contribution in [0, 0.1) is 0 Å². The van der Waals surface area contributed by atoms with E-state index in [0.717, 1.165) is 49.0 Å². The van der Waals surface area contributed by atoms with Crippen molar-refractivity contribution in [2.45, 2.75) is 25.9 Å². The highest BCUT2D eigenvalue weighted by Gasteiger charge is 2.25. The number of nitrogens with zero attached hydrogens (tertiary/aromatic N) is 3. The van der Waals surface area contributed by atoms with Gasteiger partial charge >= 0.3 is 0 Å². The number of halogens is 1. The van der Waals surface area contributed by atoms with E-state index in [2.05, 4.69) is 33.5 Å². The van der Waals surface area contributed by atoms with Gasteiger partial charge in [-0.3, -0.25) is 0 Å². The number of methoxy groups -OCH3 is 2. The van der Waals surface area contributed by atoms with Gasteiger partial charge in [0.15, 0.2) is 5.96 Å². The standard InChI is InChI=1S/C21H29N5O2.HI/c1-4-22-21(24-14-16-8-7-12-23-20(16)28-3)25-17-11-13-26(15-17)18-9-5-6-10-19(18)27-2;/h5-10,12,17H,4,11,13-15H2,1-3H3,(H2,22,24,25);1H. The van der Waals surface area contributed by atoms with E-state index >= 15 is 0 Å². The van der Waals surface area contributed by atoms with Crippen LogP contribution in [0.15, 0.2) is 47.6 Å². The fraction of sp³-hybridized carbons (Fsp3) is 0.429. The molecule has 2 heterocycles. The molecule has 0 aliphatic carbocycles. The number of hydrogen-bond donors (Lipinski definition) is 2. The summed E-state index contributed by atoms with van der Waals surface area (Å²) in [7, 11) is 3.34. The molecule has 1 unspecified atom stereocenters. The third kappa shape index (κ3) is 6.12. The molecular formula is C21H30IN5O2. The van der Waals surface area contributed by atoms with Crippen LogP contribution in [0.3, 0.4) is 0 Å². The van der Waals surface area contributed by atoms with E-state index in [1.807, 2.05) is 30.3 Å². The van der Waals surface area contributed by atoms with E-state index in [9.17, 15) is 0 Å². The Bertz CT molecular complexity index is 802. The van der Waals surface area contributed by atoms with Crippen molar-refractivity contribution in [1.29, 1.82) is 0 Å². The van der Waals surface area contributed by atoms with Crippen molar-refractivity contribution in [2.75, 3.05) is 38.8 Å². The maximum Gasteiger partial charge on any atom is 0.218 e.